The quantitative estimate of drug-likeness (QED) is 0.898. The van der Waals surface area contributed by atoms with E-state index in [1.807, 2.05) is 24.3 Å². The summed E-state index contributed by atoms with van der Waals surface area (Å²) in [4.78, 5) is 4.75. The molecule has 0 atom stereocenters. The van der Waals surface area contributed by atoms with E-state index in [1.54, 1.807) is 0 Å². The second-order valence-corrected chi connectivity index (χ2v) is 6.11. The van der Waals surface area contributed by atoms with Crippen LogP contribution in [0.5, 0.6) is 0 Å². The van der Waals surface area contributed by atoms with Gasteiger partial charge in [0.15, 0.2) is 0 Å². The predicted molar refractivity (Wildman–Crippen MR) is 81.5 cm³/mol. The molecule has 0 unspecified atom stereocenters. The van der Waals surface area contributed by atoms with E-state index in [0.717, 1.165) is 29.4 Å². The first kappa shape index (κ1) is 13.9. The van der Waals surface area contributed by atoms with Crippen molar-refractivity contribution in [2.45, 2.75) is 39.7 Å². The minimum absolute atomic E-state index is 0.0329. The Kier molecular flexibility index (Phi) is 3.59. The van der Waals surface area contributed by atoms with Gasteiger partial charge >= 0.3 is 0 Å². The highest BCUT2D eigenvalue weighted by Gasteiger charge is 2.24. The molecule has 1 aromatic heterocycles. The van der Waals surface area contributed by atoms with Crippen molar-refractivity contribution in [3.63, 3.8) is 0 Å². The monoisotopic (exact) mass is 277 g/mol. The Labute approximate surface area is 119 Å². The Hall–Kier alpha value is -1.48. The van der Waals surface area contributed by atoms with E-state index in [4.69, 9.17) is 22.3 Å². The summed E-state index contributed by atoms with van der Waals surface area (Å²) in [7, 11) is 0. The molecule has 0 bridgehead atoms. The third-order valence-electron chi connectivity index (χ3n) is 3.11. The predicted octanol–water partition coefficient (Wildman–Crippen LogP) is 4.10. The van der Waals surface area contributed by atoms with Gasteiger partial charge in [-0.2, -0.15) is 0 Å². The molecule has 19 heavy (non-hydrogen) atoms. The fourth-order valence-electron chi connectivity index (χ4n) is 2.18. The van der Waals surface area contributed by atoms with Gasteiger partial charge in [0.05, 0.1) is 0 Å². The van der Waals surface area contributed by atoms with Gasteiger partial charge in [0.2, 0.25) is 0 Å². The summed E-state index contributed by atoms with van der Waals surface area (Å²) in [6.45, 7) is 9.34. The molecule has 102 valence electrons. The summed E-state index contributed by atoms with van der Waals surface area (Å²) in [5.41, 5.74) is 8.05. The van der Waals surface area contributed by atoms with Crippen molar-refractivity contribution < 1.29 is 0 Å². The second-order valence-electron chi connectivity index (χ2n) is 5.67. The highest BCUT2D eigenvalue weighted by Crippen LogP contribution is 2.32. The normalized spacial score (nSPS) is 11.8. The van der Waals surface area contributed by atoms with Gasteiger partial charge in [-0.1, -0.05) is 44.5 Å². The van der Waals surface area contributed by atoms with E-state index in [0.29, 0.717) is 5.02 Å². The van der Waals surface area contributed by atoms with Crippen LogP contribution in [0.25, 0.3) is 11.3 Å². The molecule has 0 radical (unpaired) electrons. The highest BCUT2D eigenvalue weighted by molar-refractivity contribution is 6.30. The molecule has 0 spiro atoms. The van der Waals surface area contributed by atoms with Crippen molar-refractivity contribution in [1.29, 1.82) is 0 Å². The zero-order valence-corrected chi connectivity index (χ0v) is 12.6. The Balaban J connectivity index is 2.59. The summed E-state index contributed by atoms with van der Waals surface area (Å²) in [5.74, 6) is 1.73. The van der Waals surface area contributed by atoms with Crippen LogP contribution in [0.1, 0.15) is 33.5 Å². The van der Waals surface area contributed by atoms with E-state index < -0.39 is 0 Å². The first-order valence-corrected chi connectivity index (χ1v) is 6.84. The number of nitrogen functional groups attached to an aromatic ring is 1. The maximum atomic E-state index is 6.25. The number of nitrogens with zero attached hydrogens (tertiary/aromatic N) is 2. The number of halogens is 1. The zero-order valence-electron chi connectivity index (χ0n) is 11.9. The number of nitrogens with two attached hydrogens (primary N) is 1. The van der Waals surface area contributed by atoms with Gasteiger partial charge in [-0.25, -0.2) is 4.98 Å². The molecular weight excluding hydrogens is 258 g/mol. The lowest BCUT2D eigenvalue weighted by atomic mass is 9.95. The van der Waals surface area contributed by atoms with Crippen LogP contribution in [0.3, 0.4) is 0 Å². The average Bonchev–Trinajstić information content (AvgIpc) is 2.67. The summed E-state index contributed by atoms with van der Waals surface area (Å²) in [6.07, 6.45) is 0. The van der Waals surface area contributed by atoms with E-state index in [-0.39, 0.29) is 5.41 Å². The van der Waals surface area contributed by atoms with Crippen LogP contribution in [-0.4, -0.2) is 9.55 Å². The van der Waals surface area contributed by atoms with Crippen LogP contribution in [0.4, 0.5) is 5.82 Å². The van der Waals surface area contributed by atoms with E-state index in [9.17, 15) is 0 Å². The lowest BCUT2D eigenvalue weighted by Gasteiger charge is -2.19. The van der Waals surface area contributed by atoms with Gasteiger partial charge in [0, 0.05) is 22.5 Å². The van der Waals surface area contributed by atoms with Crippen LogP contribution in [0, 0.1) is 0 Å². The van der Waals surface area contributed by atoms with Gasteiger partial charge in [-0.3, -0.25) is 0 Å². The van der Waals surface area contributed by atoms with Crippen molar-refractivity contribution in [2.75, 3.05) is 5.73 Å². The Bertz CT molecular complexity index is 577. The number of hydrogen-bond donors (Lipinski definition) is 1. The lowest BCUT2D eigenvalue weighted by molar-refractivity contribution is 0.509. The summed E-state index contributed by atoms with van der Waals surface area (Å²) < 4.78 is 2.07. The number of imidazole rings is 1. The molecule has 2 aromatic rings. The van der Waals surface area contributed by atoms with Gasteiger partial charge in [-0.15, -0.1) is 0 Å². The third kappa shape index (κ3) is 2.61. The van der Waals surface area contributed by atoms with E-state index in [1.165, 1.54) is 0 Å². The number of benzene rings is 1. The summed E-state index contributed by atoms with van der Waals surface area (Å²) >= 11 is 5.92. The second kappa shape index (κ2) is 4.89. The maximum absolute atomic E-state index is 6.25. The van der Waals surface area contributed by atoms with Crippen molar-refractivity contribution in [2.24, 2.45) is 0 Å². The molecule has 2 N–H and O–H groups in total. The van der Waals surface area contributed by atoms with Crippen LogP contribution in [0.2, 0.25) is 5.02 Å². The largest absolute Gasteiger partial charge is 0.383 e. The Morgan fingerprint density at radius 1 is 1.21 bits per heavy atom. The van der Waals surface area contributed by atoms with Crippen molar-refractivity contribution >= 4 is 17.4 Å². The fraction of sp³-hybridized carbons (Fsp3) is 0.400. The van der Waals surface area contributed by atoms with Crippen LogP contribution >= 0.6 is 11.6 Å². The van der Waals surface area contributed by atoms with Crippen LogP contribution in [0.15, 0.2) is 24.3 Å². The van der Waals surface area contributed by atoms with E-state index in [2.05, 4.69) is 32.3 Å². The molecule has 0 aliphatic heterocycles. The van der Waals surface area contributed by atoms with Crippen molar-refractivity contribution in [3.05, 3.63) is 35.1 Å². The van der Waals surface area contributed by atoms with Gasteiger partial charge in [-0.05, 0) is 19.1 Å². The molecule has 0 aliphatic carbocycles. The molecule has 3 nitrogen and oxygen atoms in total. The minimum atomic E-state index is -0.0329. The smallest absolute Gasteiger partial charge is 0.131 e. The van der Waals surface area contributed by atoms with Crippen LogP contribution < -0.4 is 5.73 Å². The number of rotatable bonds is 2. The molecule has 1 aromatic carbocycles. The molecule has 2 rings (SSSR count). The highest BCUT2D eigenvalue weighted by atomic mass is 35.5. The van der Waals surface area contributed by atoms with Crippen molar-refractivity contribution in [3.8, 4) is 11.3 Å². The first-order valence-electron chi connectivity index (χ1n) is 6.47. The standard InChI is InChI=1S/C15H20ClN3/c1-5-19-13(17)12(18-14(19)15(2,3)4)10-6-8-11(16)9-7-10/h6-9H,5,17H2,1-4H3. The number of anilines is 1. The van der Waals surface area contributed by atoms with E-state index >= 15 is 0 Å². The first-order chi connectivity index (χ1) is 8.84. The molecule has 0 amide bonds. The fourth-order valence-corrected chi connectivity index (χ4v) is 2.30. The number of hydrogen-bond acceptors (Lipinski definition) is 2. The summed E-state index contributed by atoms with van der Waals surface area (Å²) in [5, 5.41) is 0.716. The molecular formula is C15H20ClN3. The Morgan fingerprint density at radius 3 is 2.21 bits per heavy atom. The van der Waals surface area contributed by atoms with Gasteiger partial charge in [0.1, 0.15) is 17.3 Å². The molecule has 1 heterocycles. The molecule has 4 heteroatoms. The minimum Gasteiger partial charge on any atom is -0.383 e. The van der Waals surface area contributed by atoms with Gasteiger partial charge < -0.3 is 10.3 Å². The maximum Gasteiger partial charge on any atom is 0.131 e. The average molecular weight is 278 g/mol. The van der Waals surface area contributed by atoms with Gasteiger partial charge in [0.25, 0.3) is 0 Å². The Morgan fingerprint density at radius 2 is 1.79 bits per heavy atom. The lowest BCUT2D eigenvalue weighted by Crippen LogP contribution is -2.19. The SMILES string of the molecule is CCn1c(C(C)(C)C)nc(-c2ccc(Cl)cc2)c1N. The molecule has 0 fully saturated rings. The summed E-state index contributed by atoms with van der Waals surface area (Å²) in [6, 6.07) is 7.62. The molecule has 0 saturated heterocycles. The number of aromatic nitrogens is 2. The van der Waals surface area contributed by atoms with Crippen molar-refractivity contribution in [1.82, 2.24) is 9.55 Å². The topological polar surface area (TPSA) is 43.8 Å². The third-order valence-corrected chi connectivity index (χ3v) is 3.36. The molecule has 0 aliphatic rings. The van der Waals surface area contributed by atoms with Crippen LogP contribution in [-0.2, 0) is 12.0 Å². The molecule has 0 saturated carbocycles. The zero-order chi connectivity index (χ0) is 14.2.